The number of aliphatic hydroxyl groups excluding tert-OH is 1. The zero-order chi connectivity index (χ0) is 15.3. The van der Waals surface area contributed by atoms with Crippen molar-refractivity contribution < 1.29 is 24.6 Å². The molecule has 1 rings (SSSR count). The van der Waals surface area contributed by atoms with Crippen LogP contribution in [0.1, 0.15) is 12.8 Å². The number of carbonyl (C=O) groups is 3. The molecule has 0 spiro atoms. The van der Waals surface area contributed by atoms with Crippen molar-refractivity contribution in [3.05, 3.63) is 0 Å². The Morgan fingerprint density at radius 3 is 2.65 bits per heavy atom. The maximum absolute atomic E-state index is 12.3. The molecule has 5 N–H and O–H groups in total. The van der Waals surface area contributed by atoms with E-state index < -0.39 is 36.1 Å². The first-order chi connectivity index (χ1) is 9.36. The highest BCUT2D eigenvalue weighted by Gasteiger charge is 2.41. The number of primary amides is 1. The fourth-order valence-electron chi connectivity index (χ4n) is 2.16. The van der Waals surface area contributed by atoms with Gasteiger partial charge in [0, 0.05) is 13.0 Å². The lowest BCUT2D eigenvalue weighted by molar-refractivity contribution is -0.148. The first-order valence-corrected chi connectivity index (χ1v) is 7.52. The molecule has 3 amide bonds. The second-order valence-electron chi connectivity index (χ2n) is 4.58. The van der Waals surface area contributed by atoms with Crippen LogP contribution in [0.3, 0.4) is 0 Å². The van der Waals surface area contributed by atoms with Crippen molar-refractivity contribution >= 4 is 29.7 Å². The van der Waals surface area contributed by atoms with Crippen molar-refractivity contribution in [2.24, 2.45) is 5.73 Å². The predicted octanol–water partition coefficient (Wildman–Crippen LogP) is -1.18. The molecule has 1 fully saturated rings. The number of thioether (sulfide) groups is 1. The van der Waals surface area contributed by atoms with Crippen LogP contribution in [0.25, 0.3) is 0 Å². The van der Waals surface area contributed by atoms with Gasteiger partial charge in [0.1, 0.15) is 12.1 Å². The first kappa shape index (κ1) is 16.6. The number of aliphatic carboxylic acids is 1. The Hall–Kier alpha value is -1.48. The summed E-state index contributed by atoms with van der Waals surface area (Å²) in [4.78, 5) is 35.4. The van der Waals surface area contributed by atoms with Crippen molar-refractivity contribution in [1.29, 1.82) is 0 Å². The maximum Gasteiger partial charge on any atom is 0.326 e. The number of hydrogen-bond donors (Lipinski definition) is 4. The van der Waals surface area contributed by atoms with Gasteiger partial charge in [-0.3, -0.25) is 4.79 Å². The minimum Gasteiger partial charge on any atom is -0.480 e. The summed E-state index contributed by atoms with van der Waals surface area (Å²) < 4.78 is 0. The highest BCUT2D eigenvalue weighted by Crippen LogP contribution is 2.20. The van der Waals surface area contributed by atoms with Crippen LogP contribution in [0.2, 0.25) is 0 Å². The second kappa shape index (κ2) is 7.34. The zero-order valence-electron chi connectivity index (χ0n) is 11.1. The number of urea groups is 1. The number of carbonyl (C=O) groups excluding carboxylic acids is 2. The highest BCUT2D eigenvalue weighted by molar-refractivity contribution is 7.98. The Morgan fingerprint density at radius 1 is 1.50 bits per heavy atom. The number of carboxylic acids is 1. The summed E-state index contributed by atoms with van der Waals surface area (Å²) in [5.74, 6) is -1.08. The summed E-state index contributed by atoms with van der Waals surface area (Å²) in [6, 6.07) is -2.77. The summed E-state index contributed by atoms with van der Waals surface area (Å²) in [7, 11) is 0. The van der Waals surface area contributed by atoms with Crippen molar-refractivity contribution in [2.45, 2.75) is 31.0 Å². The van der Waals surface area contributed by atoms with E-state index in [0.29, 0.717) is 12.2 Å². The molecule has 114 valence electrons. The van der Waals surface area contributed by atoms with E-state index in [0.717, 1.165) is 4.90 Å². The van der Waals surface area contributed by atoms with E-state index in [1.807, 2.05) is 6.26 Å². The Balaban J connectivity index is 2.81. The molecule has 1 saturated heterocycles. The number of nitrogens with two attached hydrogens (primary N) is 1. The molecule has 8 nitrogen and oxygen atoms in total. The smallest absolute Gasteiger partial charge is 0.326 e. The van der Waals surface area contributed by atoms with Gasteiger partial charge in [0.25, 0.3) is 0 Å². The van der Waals surface area contributed by atoms with E-state index in [9.17, 15) is 19.5 Å². The molecule has 2 unspecified atom stereocenters. The lowest BCUT2D eigenvalue weighted by Crippen LogP contribution is -2.53. The molecule has 1 heterocycles. The molecule has 0 aromatic heterocycles. The van der Waals surface area contributed by atoms with Gasteiger partial charge in [-0.1, -0.05) is 0 Å². The highest BCUT2D eigenvalue weighted by atomic mass is 32.2. The molecular formula is C11H19N3O5S. The van der Waals surface area contributed by atoms with Gasteiger partial charge < -0.3 is 26.2 Å². The van der Waals surface area contributed by atoms with Crippen LogP contribution in [0.5, 0.6) is 0 Å². The largest absolute Gasteiger partial charge is 0.480 e. The standard InChI is InChI=1S/C11H19N3O5S/c1-20-3-2-7(13-11(12)19)9(16)14-5-6(15)4-8(14)10(17)18/h6-8,15H,2-5H2,1H3,(H,17,18)(H3,12,13,19)/t6?,7?,8-/m0/s1. The fourth-order valence-corrected chi connectivity index (χ4v) is 2.63. The van der Waals surface area contributed by atoms with E-state index in [2.05, 4.69) is 5.32 Å². The Morgan fingerprint density at radius 2 is 2.15 bits per heavy atom. The van der Waals surface area contributed by atoms with Crippen LogP contribution >= 0.6 is 11.8 Å². The van der Waals surface area contributed by atoms with Gasteiger partial charge >= 0.3 is 12.0 Å². The minimum atomic E-state index is -1.17. The average molecular weight is 305 g/mol. The molecule has 0 aromatic carbocycles. The van der Waals surface area contributed by atoms with Gasteiger partial charge in [-0.25, -0.2) is 9.59 Å². The number of amides is 3. The monoisotopic (exact) mass is 305 g/mol. The van der Waals surface area contributed by atoms with Gasteiger partial charge in [-0.15, -0.1) is 0 Å². The second-order valence-corrected chi connectivity index (χ2v) is 5.56. The van der Waals surface area contributed by atoms with Crippen LogP contribution in [0.15, 0.2) is 0 Å². The summed E-state index contributed by atoms with van der Waals surface area (Å²) >= 11 is 1.50. The van der Waals surface area contributed by atoms with E-state index in [1.54, 1.807) is 0 Å². The molecule has 0 aliphatic carbocycles. The third-order valence-corrected chi connectivity index (χ3v) is 3.72. The Bertz CT molecular complexity index is 392. The SMILES string of the molecule is CSCCC(NC(N)=O)C(=O)N1CC(O)C[C@H]1C(=O)O. The van der Waals surface area contributed by atoms with E-state index in [-0.39, 0.29) is 13.0 Å². The van der Waals surface area contributed by atoms with Gasteiger partial charge in [-0.05, 0) is 18.4 Å². The van der Waals surface area contributed by atoms with Crippen molar-refractivity contribution in [3.63, 3.8) is 0 Å². The van der Waals surface area contributed by atoms with Gasteiger partial charge in [-0.2, -0.15) is 11.8 Å². The maximum atomic E-state index is 12.3. The number of hydrogen-bond acceptors (Lipinski definition) is 5. The molecule has 1 aliphatic rings. The number of nitrogens with zero attached hydrogens (tertiary/aromatic N) is 1. The normalized spacial score (nSPS) is 23.4. The van der Waals surface area contributed by atoms with Crippen LogP contribution in [0, 0.1) is 0 Å². The molecule has 9 heteroatoms. The molecule has 1 aliphatic heterocycles. The predicted molar refractivity (Wildman–Crippen MR) is 73.3 cm³/mol. The van der Waals surface area contributed by atoms with Crippen LogP contribution in [-0.4, -0.2) is 69.8 Å². The first-order valence-electron chi connectivity index (χ1n) is 6.13. The van der Waals surface area contributed by atoms with E-state index >= 15 is 0 Å². The zero-order valence-corrected chi connectivity index (χ0v) is 11.9. The number of nitrogens with one attached hydrogen (secondary N) is 1. The number of carboxylic acid groups (broad SMARTS) is 1. The molecule has 0 bridgehead atoms. The van der Waals surface area contributed by atoms with Crippen molar-refractivity contribution in [1.82, 2.24) is 10.2 Å². The molecule has 20 heavy (non-hydrogen) atoms. The fraction of sp³-hybridized carbons (Fsp3) is 0.727. The number of aliphatic hydroxyl groups is 1. The summed E-state index contributed by atoms with van der Waals surface area (Å²) in [6.07, 6.45) is 1.33. The minimum absolute atomic E-state index is 0.00705. The van der Waals surface area contributed by atoms with Gasteiger partial charge in [0.15, 0.2) is 0 Å². The van der Waals surface area contributed by atoms with Crippen molar-refractivity contribution in [3.8, 4) is 0 Å². The van der Waals surface area contributed by atoms with Gasteiger partial charge in [0.2, 0.25) is 5.91 Å². The molecule has 0 saturated carbocycles. The number of likely N-dealkylation sites (tertiary alicyclic amines) is 1. The Kier molecular flexibility index (Phi) is 6.08. The quantitative estimate of drug-likeness (QED) is 0.488. The lowest BCUT2D eigenvalue weighted by atomic mass is 10.1. The average Bonchev–Trinajstić information content (AvgIpc) is 2.75. The molecular weight excluding hydrogens is 286 g/mol. The number of rotatable bonds is 6. The topological polar surface area (TPSA) is 133 Å². The number of β-amino-alcohol motifs (C(OH)–C–C–N with tert-alkyl or cyclic N) is 1. The van der Waals surface area contributed by atoms with Crippen molar-refractivity contribution in [2.75, 3.05) is 18.6 Å². The third-order valence-electron chi connectivity index (χ3n) is 3.07. The molecule has 3 atom stereocenters. The summed E-state index contributed by atoms with van der Waals surface area (Å²) in [6.45, 7) is -0.0496. The Labute approximate surface area is 120 Å². The molecule has 0 radical (unpaired) electrons. The lowest BCUT2D eigenvalue weighted by Gasteiger charge is -2.26. The van der Waals surface area contributed by atoms with Crippen LogP contribution in [-0.2, 0) is 9.59 Å². The third kappa shape index (κ3) is 4.27. The molecule has 0 aromatic rings. The van der Waals surface area contributed by atoms with Gasteiger partial charge in [0.05, 0.1) is 6.10 Å². The van der Waals surface area contributed by atoms with Crippen LogP contribution < -0.4 is 11.1 Å². The summed E-state index contributed by atoms with van der Waals surface area (Å²) in [5, 5.41) is 20.9. The van der Waals surface area contributed by atoms with Crippen LogP contribution in [0.4, 0.5) is 4.79 Å². The van der Waals surface area contributed by atoms with E-state index in [4.69, 9.17) is 10.8 Å². The van der Waals surface area contributed by atoms with E-state index in [1.165, 1.54) is 11.8 Å². The summed E-state index contributed by atoms with van der Waals surface area (Å²) in [5.41, 5.74) is 5.03.